The highest BCUT2D eigenvalue weighted by molar-refractivity contribution is 5.99. The normalized spacial score (nSPS) is 19.5. The van der Waals surface area contributed by atoms with Crippen LogP contribution in [-0.4, -0.2) is 62.7 Å². The minimum absolute atomic E-state index is 0.000921. The van der Waals surface area contributed by atoms with Gasteiger partial charge in [0.05, 0.1) is 36.5 Å². The van der Waals surface area contributed by atoms with Crippen molar-refractivity contribution in [3.63, 3.8) is 0 Å². The number of ether oxygens (including phenoxy) is 1. The van der Waals surface area contributed by atoms with Crippen LogP contribution in [0.25, 0.3) is 11.3 Å². The number of pyridine rings is 2. The number of anilines is 1. The van der Waals surface area contributed by atoms with E-state index in [9.17, 15) is 26.7 Å². The lowest BCUT2D eigenvalue weighted by Crippen LogP contribution is -2.57. The third kappa shape index (κ3) is 5.81. The van der Waals surface area contributed by atoms with E-state index in [1.54, 1.807) is 38.4 Å². The second kappa shape index (κ2) is 9.94. The van der Waals surface area contributed by atoms with Crippen molar-refractivity contribution in [3.8, 4) is 17.1 Å². The Morgan fingerprint density at radius 2 is 2.00 bits per heavy atom. The van der Waals surface area contributed by atoms with Crippen LogP contribution in [0, 0.1) is 5.92 Å². The van der Waals surface area contributed by atoms with Gasteiger partial charge in [0.15, 0.2) is 5.69 Å². The van der Waals surface area contributed by atoms with Gasteiger partial charge in [0.1, 0.15) is 5.82 Å². The number of hydrogen-bond acceptors (Lipinski definition) is 6. The maximum Gasteiger partial charge on any atom is 0.417 e. The quantitative estimate of drug-likeness (QED) is 0.478. The van der Waals surface area contributed by atoms with Gasteiger partial charge in [0.2, 0.25) is 5.88 Å². The molecule has 0 bridgehead atoms. The van der Waals surface area contributed by atoms with Crippen LogP contribution in [0.3, 0.4) is 0 Å². The lowest BCUT2D eigenvalue weighted by atomic mass is 9.88. The first-order chi connectivity index (χ1) is 17.4. The van der Waals surface area contributed by atoms with Crippen LogP contribution in [0.15, 0.2) is 42.7 Å². The summed E-state index contributed by atoms with van der Waals surface area (Å²) in [6.07, 6.45) is -2.72. The summed E-state index contributed by atoms with van der Waals surface area (Å²) < 4.78 is 74.3. The number of likely N-dealkylation sites (tertiary alicyclic amines) is 1. The second-order valence-electron chi connectivity index (χ2n) is 8.98. The Kier molecular flexibility index (Phi) is 7.07. The zero-order valence-corrected chi connectivity index (χ0v) is 20.3. The van der Waals surface area contributed by atoms with Crippen LogP contribution in [0.5, 0.6) is 5.88 Å². The number of methoxy groups -OCH3 is 1. The van der Waals surface area contributed by atoms with Crippen LogP contribution in [0.1, 0.15) is 29.4 Å². The smallest absolute Gasteiger partial charge is 0.417 e. The number of rotatable bonds is 6. The molecule has 2 atom stereocenters. The molecule has 0 saturated carbocycles. The number of halogens is 5. The second-order valence-corrected chi connectivity index (χ2v) is 8.98. The highest BCUT2D eigenvalue weighted by atomic mass is 19.4. The molecule has 0 aromatic carbocycles. The first-order valence-corrected chi connectivity index (χ1v) is 11.4. The van der Waals surface area contributed by atoms with Gasteiger partial charge >= 0.3 is 6.18 Å². The van der Waals surface area contributed by atoms with Crippen molar-refractivity contribution in [1.29, 1.82) is 0 Å². The van der Waals surface area contributed by atoms with Crippen LogP contribution in [0.4, 0.5) is 27.8 Å². The molecule has 37 heavy (non-hydrogen) atoms. The number of aromatic nitrogens is 4. The molecule has 8 nitrogen and oxygen atoms in total. The van der Waals surface area contributed by atoms with E-state index in [4.69, 9.17) is 4.74 Å². The average Bonchev–Trinajstić information content (AvgIpc) is 3.23. The molecule has 0 radical (unpaired) electrons. The third-order valence-corrected chi connectivity index (χ3v) is 6.16. The molecule has 1 unspecified atom stereocenters. The Morgan fingerprint density at radius 1 is 1.24 bits per heavy atom. The molecule has 13 heteroatoms. The molecule has 198 valence electrons. The number of nitrogens with one attached hydrogen (secondary N) is 1. The molecule has 1 aliphatic rings. The summed E-state index contributed by atoms with van der Waals surface area (Å²) in [6.45, 7) is 0.772. The monoisotopic (exact) mass is 524 g/mol. The molecule has 3 aromatic heterocycles. The van der Waals surface area contributed by atoms with Gasteiger partial charge in [-0.05, 0) is 24.1 Å². The summed E-state index contributed by atoms with van der Waals surface area (Å²) in [5, 5.41) is 7.12. The van der Waals surface area contributed by atoms with Crippen molar-refractivity contribution in [2.75, 3.05) is 25.5 Å². The standard InChI is InChI=1S/C24H25F5N6O2/c1-14-9-23(25,26)13-35(18(14)11-31-19-8-7-15(10-30-19)24(27,28)29)22(36)21-16(12-34(2)33-21)17-5-4-6-20(32-17)37-3/h4-8,10,12,14,18H,9,11,13H2,1-3H3,(H,30,31)/t14-,18?/m1/s1. The molecular weight excluding hydrogens is 499 g/mol. The molecule has 1 aliphatic heterocycles. The summed E-state index contributed by atoms with van der Waals surface area (Å²) in [4.78, 5) is 22.8. The average molecular weight is 524 g/mol. The Morgan fingerprint density at radius 3 is 2.65 bits per heavy atom. The van der Waals surface area contributed by atoms with Crippen molar-refractivity contribution in [3.05, 3.63) is 54.0 Å². The van der Waals surface area contributed by atoms with E-state index in [0.29, 0.717) is 23.3 Å². The van der Waals surface area contributed by atoms with Gasteiger partial charge in [0, 0.05) is 38.5 Å². The minimum Gasteiger partial charge on any atom is -0.481 e. The fraction of sp³-hybridized carbons (Fsp3) is 0.417. The van der Waals surface area contributed by atoms with Crippen LogP contribution < -0.4 is 10.1 Å². The Labute approximate surface area is 209 Å². The van der Waals surface area contributed by atoms with Crippen LogP contribution >= 0.6 is 0 Å². The van der Waals surface area contributed by atoms with Crippen molar-refractivity contribution < 1.29 is 31.5 Å². The van der Waals surface area contributed by atoms with E-state index in [-0.39, 0.29) is 18.1 Å². The molecule has 1 amide bonds. The Hall–Kier alpha value is -3.77. The first-order valence-electron chi connectivity index (χ1n) is 11.4. The van der Waals surface area contributed by atoms with E-state index in [1.807, 2.05) is 0 Å². The molecule has 4 heterocycles. The van der Waals surface area contributed by atoms with Gasteiger partial charge in [-0.1, -0.05) is 13.0 Å². The molecule has 1 N–H and O–H groups in total. The van der Waals surface area contributed by atoms with Gasteiger partial charge < -0.3 is 15.0 Å². The van der Waals surface area contributed by atoms with Crippen molar-refractivity contribution >= 4 is 11.7 Å². The largest absolute Gasteiger partial charge is 0.481 e. The van der Waals surface area contributed by atoms with Crippen molar-refractivity contribution in [2.24, 2.45) is 13.0 Å². The number of aryl methyl sites for hydroxylation is 1. The van der Waals surface area contributed by atoms with Crippen molar-refractivity contribution in [2.45, 2.75) is 31.5 Å². The molecule has 3 aromatic rings. The van der Waals surface area contributed by atoms with Gasteiger partial charge in [-0.2, -0.15) is 18.3 Å². The minimum atomic E-state index is -4.53. The highest BCUT2D eigenvalue weighted by Crippen LogP contribution is 2.36. The Bertz CT molecular complexity index is 1260. The predicted octanol–water partition coefficient (Wildman–Crippen LogP) is 4.50. The fourth-order valence-corrected chi connectivity index (χ4v) is 4.40. The number of nitrogens with zero attached hydrogens (tertiary/aromatic N) is 5. The molecule has 1 saturated heterocycles. The van der Waals surface area contributed by atoms with E-state index in [0.717, 1.165) is 17.0 Å². The van der Waals surface area contributed by atoms with E-state index in [2.05, 4.69) is 20.4 Å². The Balaban J connectivity index is 1.62. The topological polar surface area (TPSA) is 85.2 Å². The SMILES string of the molecule is COc1cccc(-c2cn(C)nc2C(=O)N2CC(F)(F)C[C@@H](C)C2CNc2ccc(C(F)(F)F)cn2)n1. The van der Waals surface area contributed by atoms with E-state index < -0.39 is 48.5 Å². The summed E-state index contributed by atoms with van der Waals surface area (Å²) in [6, 6.07) is 6.29. The summed E-state index contributed by atoms with van der Waals surface area (Å²) >= 11 is 0. The maximum absolute atomic E-state index is 14.6. The van der Waals surface area contributed by atoms with Gasteiger partial charge in [0.25, 0.3) is 11.8 Å². The zero-order chi connectivity index (χ0) is 27.0. The molecular formula is C24H25F5N6O2. The first kappa shape index (κ1) is 26.3. The van der Waals surface area contributed by atoms with Crippen LogP contribution in [-0.2, 0) is 13.2 Å². The number of amides is 1. The summed E-state index contributed by atoms with van der Waals surface area (Å²) in [5.74, 6) is -4.02. The maximum atomic E-state index is 14.6. The van der Waals surface area contributed by atoms with E-state index >= 15 is 0 Å². The molecule has 0 aliphatic carbocycles. The molecule has 4 rings (SSSR count). The van der Waals surface area contributed by atoms with Gasteiger partial charge in [-0.25, -0.2) is 18.7 Å². The molecule has 0 spiro atoms. The van der Waals surface area contributed by atoms with Crippen LogP contribution in [0.2, 0.25) is 0 Å². The predicted molar refractivity (Wildman–Crippen MR) is 124 cm³/mol. The lowest BCUT2D eigenvalue weighted by Gasteiger charge is -2.43. The van der Waals surface area contributed by atoms with Gasteiger partial charge in [-0.3, -0.25) is 9.48 Å². The number of piperidine rings is 1. The highest BCUT2D eigenvalue weighted by Gasteiger charge is 2.47. The third-order valence-electron chi connectivity index (χ3n) is 6.16. The number of alkyl halides is 5. The summed E-state index contributed by atoms with van der Waals surface area (Å²) in [5.41, 5.74) is -0.222. The van der Waals surface area contributed by atoms with Crippen molar-refractivity contribution in [1.82, 2.24) is 24.6 Å². The lowest BCUT2D eigenvalue weighted by molar-refractivity contribution is -0.137. The van der Waals surface area contributed by atoms with Gasteiger partial charge in [-0.15, -0.1) is 0 Å². The number of carbonyl (C=O) groups is 1. The molecule has 1 fully saturated rings. The number of carbonyl (C=O) groups excluding carboxylic acids is 1. The van der Waals surface area contributed by atoms with E-state index in [1.165, 1.54) is 11.8 Å². The number of hydrogen-bond donors (Lipinski definition) is 1. The zero-order valence-electron chi connectivity index (χ0n) is 20.3. The fourth-order valence-electron chi connectivity index (χ4n) is 4.40. The summed E-state index contributed by atoms with van der Waals surface area (Å²) in [7, 11) is 3.05.